The Kier molecular flexibility index (Phi) is 4.30. The number of imidazole rings is 1. The van der Waals surface area contributed by atoms with Gasteiger partial charge in [0, 0.05) is 25.9 Å². The first-order chi connectivity index (χ1) is 7.17. The molecule has 1 rings (SSSR count). The van der Waals surface area contributed by atoms with Gasteiger partial charge in [-0.25, -0.2) is 4.98 Å². The molecule has 1 unspecified atom stereocenters. The number of nitrogens with zero attached hydrogens (tertiary/aromatic N) is 2. The zero-order chi connectivity index (χ0) is 11.3. The SMILES string of the molecule is CCC(CCO)NC(=O)c1cn(C)cn1. The van der Waals surface area contributed by atoms with Gasteiger partial charge >= 0.3 is 0 Å². The summed E-state index contributed by atoms with van der Waals surface area (Å²) >= 11 is 0. The average molecular weight is 211 g/mol. The quantitative estimate of drug-likeness (QED) is 0.736. The number of nitrogens with one attached hydrogen (secondary N) is 1. The number of carbonyl (C=O) groups is 1. The number of amides is 1. The molecule has 0 fully saturated rings. The lowest BCUT2D eigenvalue weighted by Gasteiger charge is -2.14. The third-order valence-electron chi connectivity index (χ3n) is 2.24. The van der Waals surface area contributed by atoms with Gasteiger partial charge in [-0.05, 0) is 12.8 Å². The van der Waals surface area contributed by atoms with E-state index in [2.05, 4.69) is 10.3 Å². The number of hydrogen-bond acceptors (Lipinski definition) is 3. The van der Waals surface area contributed by atoms with Crippen LogP contribution in [0.1, 0.15) is 30.3 Å². The van der Waals surface area contributed by atoms with Crippen LogP contribution in [0.4, 0.5) is 0 Å². The van der Waals surface area contributed by atoms with Crippen molar-refractivity contribution >= 4 is 5.91 Å². The zero-order valence-corrected chi connectivity index (χ0v) is 9.10. The van der Waals surface area contributed by atoms with Crippen molar-refractivity contribution in [2.75, 3.05) is 6.61 Å². The van der Waals surface area contributed by atoms with Gasteiger partial charge in [-0.2, -0.15) is 0 Å². The minimum Gasteiger partial charge on any atom is -0.396 e. The van der Waals surface area contributed by atoms with Crippen LogP contribution in [0, 0.1) is 0 Å². The monoisotopic (exact) mass is 211 g/mol. The first kappa shape index (κ1) is 11.7. The highest BCUT2D eigenvalue weighted by Crippen LogP contribution is 2.00. The summed E-state index contributed by atoms with van der Waals surface area (Å²) < 4.78 is 1.72. The third kappa shape index (κ3) is 3.36. The van der Waals surface area contributed by atoms with Crippen LogP contribution in [0.5, 0.6) is 0 Å². The molecule has 0 aliphatic carbocycles. The van der Waals surface area contributed by atoms with Gasteiger partial charge in [0.25, 0.3) is 5.91 Å². The van der Waals surface area contributed by atoms with Crippen LogP contribution >= 0.6 is 0 Å². The van der Waals surface area contributed by atoms with Crippen LogP contribution in [0.25, 0.3) is 0 Å². The molecule has 0 radical (unpaired) electrons. The molecule has 5 heteroatoms. The maximum Gasteiger partial charge on any atom is 0.271 e. The number of aliphatic hydroxyl groups is 1. The summed E-state index contributed by atoms with van der Waals surface area (Å²) in [6, 6.07) is 0.0181. The predicted molar refractivity (Wildman–Crippen MR) is 56.5 cm³/mol. The molecule has 0 spiro atoms. The Balaban J connectivity index is 2.54. The first-order valence-corrected chi connectivity index (χ1v) is 5.07. The van der Waals surface area contributed by atoms with Gasteiger partial charge in [0.15, 0.2) is 0 Å². The van der Waals surface area contributed by atoms with E-state index >= 15 is 0 Å². The Labute approximate surface area is 89.1 Å². The fourth-order valence-electron chi connectivity index (χ4n) is 1.32. The van der Waals surface area contributed by atoms with Crippen molar-refractivity contribution in [2.45, 2.75) is 25.8 Å². The van der Waals surface area contributed by atoms with Crippen molar-refractivity contribution in [2.24, 2.45) is 7.05 Å². The van der Waals surface area contributed by atoms with Crippen molar-refractivity contribution < 1.29 is 9.90 Å². The topological polar surface area (TPSA) is 67.2 Å². The minimum absolute atomic E-state index is 0.0181. The largest absolute Gasteiger partial charge is 0.396 e. The van der Waals surface area contributed by atoms with Crippen LogP contribution in [0.2, 0.25) is 0 Å². The maximum atomic E-state index is 11.6. The number of rotatable bonds is 5. The first-order valence-electron chi connectivity index (χ1n) is 5.07. The molecule has 1 heterocycles. The Morgan fingerprint density at radius 1 is 1.73 bits per heavy atom. The number of aliphatic hydroxyl groups excluding tert-OH is 1. The van der Waals surface area contributed by atoms with Crippen LogP contribution in [0.3, 0.4) is 0 Å². The van der Waals surface area contributed by atoms with Crippen molar-refractivity contribution in [3.05, 3.63) is 18.2 Å². The second-order valence-corrected chi connectivity index (χ2v) is 3.52. The lowest BCUT2D eigenvalue weighted by Crippen LogP contribution is -2.35. The summed E-state index contributed by atoms with van der Waals surface area (Å²) in [7, 11) is 1.81. The molecular formula is C10H17N3O2. The van der Waals surface area contributed by atoms with Crippen molar-refractivity contribution in [1.29, 1.82) is 0 Å². The highest BCUT2D eigenvalue weighted by atomic mass is 16.3. The van der Waals surface area contributed by atoms with Gasteiger partial charge in [-0.1, -0.05) is 6.92 Å². The summed E-state index contributed by atoms with van der Waals surface area (Å²) in [5, 5.41) is 11.6. The molecule has 1 amide bonds. The summed E-state index contributed by atoms with van der Waals surface area (Å²) in [5.41, 5.74) is 0.411. The van der Waals surface area contributed by atoms with E-state index in [0.717, 1.165) is 6.42 Å². The maximum absolute atomic E-state index is 11.6. The van der Waals surface area contributed by atoms with Gasteiger partial charge in [-0.3, -0.25) is 4.79 Å². The number of hydrogen-bond donors (Lipinski definition) is 2. The summed E-state index contributed by atoms with van der Waals surface area (Å²) in [4.78, 5) is 15.6. The van der Waals surface area contributed by atoms with Gasteiger partial charge in [0.05, 0.1) is 6.33 Å². The molecule has 2 N–H and O–H groups in total. The second-order valence-electron chi connectivity index (χ2n) is 3.52. The fraction of sp³-hybridized carbons (Fsp3) is 0.600. The molecule has 0 saturated heterocycles. The standard InChI is InChI=1S/C10H17N3O2/c1-3-8(4-5-14)12-10(15)9-6-13(2)7-11-9/h6-8,14H,3-5H2,1-2H3,(H,12,15). The van der Waals surface area contributed by atoms with Gasteiger partial charge in [0.1, 0.15) is 5.69 Å². The molecule has 5 nitrogen and oxygen atoms in total. The van der Waals surface area contributed by atoms with Crippen molar-refractivity contribution in [3.63, 3.8) is 0 Å². The molecule has 0 aliphatic rings. The van der Waals surface area contributed by atoms with E-state index in [0.29, 0.717) is 12.1 Å². The highest BCUT2D eigenvalue weighted by molar-refractivity contribution is 5.92. The Bertz CT molecular complexity index is 322. The molecule has 0 aromatic carbocycles. The van der Waals surface area contributed by atoms with Crippen molar-refractivity contribution in [1.82, 2.24) is 14.9 Å². The Hall–Kier alpha value is -1.36. The molecule has 0 aliphatic heterocycles. The van der Waals surface area contributed by atoms with Gasteiger partial charge < -0.3 is 15.0 Å². The lowest BCUT2D eigenvalue weighted by atomic mass is 10.1. The van der Waals surface area contributed by atoms with E-state index in [1.807, 2.05) is 14.0 Å². The Morgan fingerprint density at radius 2 is 2.47 bits per heavy atom. The number of carbonyl (C=O) groups excluding carboxylic acids is 1. The normalized spacial score (nSPS) is 12.5. The molecule has 1 atom stereocenters. The van der Waals surface area contributed by atoms with Gasteiger partial charge in [0.2, 0.25) is 0 Å². The lowest BCUT2D eigenvalue weighted by molar-refractivity contribution is 0.0924. The second kappa shape index (κ2) is 5.50. The van der Waals surface area contributed by atoms with E-state index in [1.165, 1.54) is 0 Å². The van der Waals surface area contributed by atoms with Gasteiger partial charge in [-0.15, -0.1) is 0 Å². The molecule has 15 heavy (non-hydrogen) atoms. The molecular weight excluding hydrogens is 194 g/mol. The van der Waals surface area contributed by atoms with E-state index < -0.39 is 0 Å². The summed E-state index contributed by atoms with van der Waals surface area (Å²) in [6.45, 7) is 2.06. The fourth-order valence-corrected chi connectivity index (χ4v) is 1.32. The smallest absolute Gasteiger partial charge is 0.271 e. The van der Waals surface area contributed by atoms with Crippen LogP contribution in [-0.4, -0.2) is 33.2 Å². The minimum atomic E-state index is -0.184. The highest BCUT2D eigenvalue weighted by Gasteiger charge is 2.13. The van der Waals surface area contributed by atoms with E-state index in [9.17, 15) is 4.79 Å². The molecule has 0 saturated carbocycles. The van der Waals surface area contributed by atoms with E-state index in [-0.39, 0.29) is 18.6 Å². The van der Waals surface area contributed by atoms with E-state index in [1.54, 1.807) is 17.1 Å². The van der Waals surface area contributed by atoms with Crippen LogP contribution < -0.4 is 5.32 Å². The predicted octanol–water partition coefficient (Wildman–Crippen LogP) is 0.311. The summed E-state index contributed by atoms with van der Waals surface area (Å²) in [6.07, 6.45) is 4.64. The van der Waals surface area contributed by atoms with Crippen molar-refractivity contribution in [3.8, 4) is 0 Å². The zero-order valence-electron chi connectivity index (χ0n) is 9.10. The Morgan fingerprint density at radius 3 is 2.93 bits per heavy atom. The average Bonchev–Trinajstić information content (AvgIpc) is 2.64. The third-order valence-corrected chi connectivity index (χ3v) is 2.24. The number of aryl methyl sites for hydroxylation is 1. The van der Waals surface area contributed by atoms with Crippen LogP contribution in [0.15, 0.2) is 12.5 Å². The summed E-state index contributed by atoms with van der Waals surface area (Å²) in [5.74, 6) is -0.184. The molecule has 1 aromatic rings. The number of aromatic nitrogens is 2. The van der Waals surface area contributed by atoms with E-state index in [4.69, 9.17) is 5.11 Å². The molecule has 84 valence electrons. The molecule has 0 bridgehead atoms. The van der Waals surface area contributed by atoms with Crippen LogP contribution in [-0.2, 0) is 7.05 Å². The molecule has 1 aromatic heterocycles.